The molecule has 1 amide bonds. The second kappa shape index (κ2) is 5.88. The average molecular weight is 341 g/mol. The Morgan fingerprint density at radius 3 is 2.92 bits per heavy atom. The summed E-state index contributed by atoms with van der Waals surface area (Å²) in [6.07, 6.45) is 3.99. The zero-order valence-corrected chi connectivity index (χ0v) is 14.4. The molecule has 2 aliphatic heterocycles. The van der Waals surface area contributed by atoms with Gasteiger partial charge in [0.2, 0.25) is 0 Å². The van der Waals surface area contributed by atoms with Crippen molar-refractivity contribution in [3.63, 3.8) is 0 Å². The molecule has 6 heteroatoms. The number of rotatable bonds is 2. The number of nitrogens with one attached hydrogen (secondary N) is 1. The standard InChI is InChI=1S/C19H23N3O3/c1-21-11-14(13-5-2-3-6-15(13)21)17(23)22-10-7-16-19(12-22,18(24)25)8-4-9-20-16/h2-3,5-6,11,16,20H,4,7-10,12H2,1H3,(H,24,25)/t16-,19+/m1/s1. The third-order valence-corrected chi connectivity index (χ3v) is 5.86. The maximum atomic E-state index is 13.2. The highest BCUT2D eigenvalue weighted by Gasteiger charge is 2.51. The van der Waals surface area contributed by atoms with E-state index in [0.29, 0.717) is 24.9 Å². The third-order valence-electron chi connectivity index (χ3n) is 5.86. The van der Waals surface area contributed by atoms with E-state index >= 15 is 0 Å². The Kier molecular flexibility index (Phi) is 3.80. The van der Waals surface area contributed by atoms with E-state index in [0.717, 1.165) is 23.9 Å². The SMILES string of the molecule is Cn1cc(C(=O)N2CC[C@H]3NCCC[C@]3(C(=O)O)C2)c2ccccc21. The van der Waals surface area contributed by atoms with Gasteiger partial charge in [0.25, 0.3) is 5.91 Å². The zero-order chi connectivity index (χ0) is 17.6. The number of aryl methyl sites for hydroxylation is 1. The molecule has 0 spiro atoms. The molecule has 0 unspecified atom stereocenters. The fourth-order valence-corrected chi connectivity index (χ4v) is 4.50. The van der Waals surface area contributed by atoms with Crippen molar-refractivity contribution in [2.24, 2.45) is 12.5 Å². The number of nitrogens with zero attached hydrogens (tertiary/aromatic N) is 2. The van der Waals surface area contributed by atoms with Crippen LogP contribution in [0.4, 0.5) is 0 Å². The number of para-hydroxylation sites is 1. The van der Waals surface area contributed by atoms with E-state index < -0.39 is 11.4 Å². The molecule has 2 fully saturated rings. The lowest BCUT2D eigenvalue weighted by Gasteiger charge is -2.48. The predicted molar refractivity (Wildman–Crippen MR) is 94.5 cm³/mol. The number of carboxylic acids is 1. The topological polar surface area (TPSA) is 74.6 Å². The number of hydrogen-bond acceptors (Lipinski definition) is 3. The molecule has 2 saturated heterocycles. The number of carboxylic acid groups (broad SMARTS) is 1. The van der Waals surface area contributed by atoms with Gasteiger partial charge in [-0.2, -0.15) is 0 Å². The molecule has 2 N–H and O–H groups in total. The van der Waals surface area contributed by atoms with Gasteiger partial charge in [-0.1, -0.05) is 18.2 Å². The number of aliphatic carboxylic acids is 1. The van der Waals surface area contributed by atoms with Crippen LogP contribution in [0, 0.1) is 5.41 Å². The first kappa shape index (κ1) is 16.1. The van der Waals surface area contributed by atoms with Gasteiger partial charge in [-0.15, -0.1) is 0 Å². The quantitative estimate of drug-likeness (QED) is 0.874. The highest BCUT2D eigenvalue weighted by atomic mass is 16.4. The maximum Gasteiger partial charge on any atom is 0.313 e. The van der Waals surface area contributed by atoms with Gasteiger partial charge in [0.05, 0.1) is 5.56 Å². The molecule has 3 heterocycles. The zero-order valence-electron chi connectivity index (χ0n) is 14.4. The smallest absolute Gasteiger partial charge is 0.313 e. The second-order valence-electron chi connectivity index (χ2n) is 7.26. The lowest BCUT2D eigenvalue weighted by Crippen LogP contribution is -2.63. The summed E-state index contributed by atoms with van der Waals surface area (Å²) in [6, 6.07) is 7.77. The fraction of sp³-hybridized carbons (Fsp3) is 0.474. The van der Waals surface area contributed by atoms with Gasteiger partial charge < -0.3 is 19.9 Å². The molecule has 1 aromatic carbocycles. The highest BCUT2D eigenvalue weighted by Crippen LogP contribution is 2.38. The summed E-state index contributed by atoms with van der Waals surface area (Å²) in [5.74, 6) is -0.860. The van der Waals surface area contributed by atoms with E-state index in [4.69, 9.17) is 0 Å². The first-order valence-corrected chi connectivity index (χ1v) is 8.83. The number of carbonyl (C=O) groups excluding carboxylic acids is 1. The summed E-state index contributed by atoms with van der Waals surface area (Å²) in [5, 5.41) is 14.2. The monoisotopic (exact) mass is 341 g/mol. The van der Waals surface area contributed by atoms with Crippen molar-refractivity contribution in [3.05, 3.63) is 36.0 Å². The van der Waals surface area contributed by atoms with E-state index in [1.165, 1.54) is 0 Å². The first-order chi connectivity index (χ1) is 12.0. The van der Waals surface area contributed by atoms with Gasteiger partial charge in [-0.25, -0.2) is 0 Å². The number of amides is 1. The molecule has 0 aliphatic carbocycles. The Balaban J connectivity index is 1.67. The predicted octanol–water partition coefficient (Wildman–Crippen LogP) is 1.85. The van der Waals surface area contributed by atoms with Gasteiger partial charge in [-0.3, -0.25) is 9.59 Å². The minimum Gasteiger partial charge on any atom is -0.481 e. The van der Waals surface area contributed by atoms with Crippen molar-refractivity contribution >= 4 is 22.8 Å². The van der Waals surface area contributed by atoms with Crippen molar-refractivity contribution in [1.29, 1.82) is 0 Å². The van der Waals surface area contributed by atoms with Crippen molar-refractivity contribution in [1.82, 2.24) is 14.8 Å². The maximum absolute atomic E-state index is 13.2. The van der Waals surface area contributed by atoms with Crippen LogP contribution in [0.25, 0.3) is 10.9 Å². The molecule has 4 rings (SSSR count). The summed E-state index contributed by atoms with van der Waals surface area (Å²) < 4.78 is 1.95. The largest absolute Gasteiger partial charge is 0.481 e. The minimum absolute atomic E-state index is 0.0460. The number of likely N-dealkylation sites (tertiary alicyclic amines) is 1. The fourth-order valence-electron chi connectivity index (χ4n) is 4.50. The van der Waals surface area contributed by atoms with Crippen LogP contribution in [-0.2, 0) is 11.8 Å². The highest BCUT2D eigenvalue weighted by molar-refractivity contribution is 6.07. The van der Waals surface area contributed by atoms with Crippen molar-refractivity contribution < 1.29 is 14.7 Å². The summed E-state index contributed by atoms with van der Waals surface area (Å²) in [7, 11) is 1.93. The molecule has 1 aromatic heterocycles. The van der Waals surface area contributed by atoms with Crippen LogP contribution in [0.2, 0.25) is 0 Å². The van der Waals surface area contributed by atoms with E-state index in [-0.39, 0.29) is 18.5 Å². The number of piperidine rings is 2. The normalized spacial score (nSPS) is 26.4. The van der Waals surface area contributed by atoms with Crippen molar-refractivity contribution in [2.45, 2.75) is 25.3 Å². The molecule has 0 saturated carbocycles. The summed E-state index contributed by atoms with van der Waals surface area (Å²) in [4.78, 5) is 27.0. The van der Waals surface area contributed by atoms with Crippen LogP contribution < -0.4 is 5.32 Å². The molecule has 2 aromatic rings. The molecule has 2 aliphatic rings. The van der Waals surface area contributed by atoms with Gasteiger partial charge in [-0.05, 0) is 31.9 Å². The van der Waals surface area contributed by atoms with Crippen molar-refractivity contribution in [2.75, 3.05) is 19.6 Å². The number of benzene rings is 1. The summed E-state index contributed by atoms with van der Waals surface area (Å²) in [6.45, 7) is 1.73. The van der Waals surface area contributed by atoms with Crippen LogP contribution in [-0.4, -0.2) is 52.1 Å². The number of carbonyl (C=O) groups is 2. The molecule has 6 nitrogen and oxygen atoms in total. The van der Waals surface area contributed by atoms with Crippen LogP contribution in [0.15, 0.2) is 30.5 Å². The number of hydrogen-bond donors (Lipinski definition) is 2. The minimum atomic E-state index is -0.864. The van der Waals surface area contributed by atoms with Crippen molar-refractivity contribution in [3.8, 4) is 0 Å². The van der Waals surface area contributed by atoms with E-state index in [2.05, 4.69) is 5.32 Å². The van der Waals surface area contributed by atoms with Crippen LogP contribution in [0.1, 0.15) is 29.6 Å². The first-order valence-electron chi connectivity index (χ1n) is 8.83. The van der Waals surface area contributed by atoms with Crippen LogP contribution in [0.3, 0.4) is 0 Å². The second-order valence-corrected chi connectivity index (χ2v) is 7.26. The Morgan fingerprint density at radius 2 is 2.12 bits per heavy atom. The van der Waals surface area contributed by atoms with E-state index in [9.17, 15) is 14.7 Å². The van der Waals surface area contributed by atoms with Gasteiger partial charge in [0.1, 0.15) is 5.41 Å². The molecule has 2 atom stereocenters. The third kappa shape index (κ3) is 2.43. The lowest BCUT2D eigenvalue weighted by molar-refractivity contribution is -0.156. The van der Waals surface area contributed by atoms with Crippen LogP contribution >= 0.6 is 0 Å². The summed E-state index contributed by atoms with van der Waals surface area (Å²) >= 11 is 0. The Bertz CT molecular complexity index is 844. The molecule has 0 bridgehead atoms. The van der Waals surface area contributed by atoms with Crippen LogP contribution in [0.5, 0.6) is 0 Å². The summed E-state index contributed by atoms with van der Waals surface area (Å²) in [5.41, 5.74) is 0.797. The number of fused-ring (bicyclic) bond motifs is 2. The average Bonchev–Trinajstić information content (AvgIpc) is 2.97. The Morgan fingerprint density at radius 1 is 1.32 bits per heavy atom. The number of aromatic nitrogens is 1. The lowest BCUT2D eigenvalue weighted by atomic mass is 9.70. The molecular weight excluding hydrogens is 318 g/mol. The molecule has 132 valence electrons. The van der Waals surface area contributed by atoms with Gasteiger partial charge in [0.15, 0.2) is 0 Å². The molecule has 25 heavy (non-hydrogen) atoms. The Hall–Kier alpha value is -2.34. The molecular formula is C19H23N3O3. The van der Waals surface area contributed by atoms with Gasteiger partial charge >= 0.3 is 5.97 Å². The Labute approximate surface area is 146 Å². The van der Waals surface area contributed by atoms with E-state index in [1.54, 1.807) is 4.90 Å². The van der Waals surface area contributed by atoms with E-state index in [1.807, 2.05) is 42.1 Å². The molecule has 0 radical (unpaired) electrons. The van der Waals surface area contributed by atoms with Gasteiger partial charge in [0, 0.05) is 43.3 Å².